The van der Waals surface area contributed by atoms with Gasteiger partial charge >= 0.3 is 5.24 Å². The highest BCUT2D eigenvalue weighted by Crippen LogP contribution is 2.19. The second-order valence-electron chi connectivity index (χ2n) is 2.73. The van der Waals surface area contributed by atoms with E-state index in [1.807, 2.05) is 6.07 Å². The lowest BCUT2D eigenvalue weighted by Crippen LogP contribution is -1.85. The predicted molar refractivity (Wildman–Crippen MR) is 53.7 cm³/mol. The smallest absolute Gasteiger partial charge is 0.307 e. The summed E-state index contributed by atoms with van der Waals surface area (Å²) in [5.41, 5.74) is 2.03. The molecule has 0 bridgehead atoms. The Hall–Kier alpha value is -1.06. The summed E-state index contributed by atoms with van der Waals surface area (Å²) >= 11 is 10.9. The maximum Gasteiger partial charge on any atom is 0.307 e. The van der Waals surface area contributed by atoms with Gasteiger partial charge in [-0.05, 0) is 29.3 Å². The van der Waals surface area contributed by atoms with Crippen molar-refractivity contribution in [3.05, 3.63) is 29.7 Å². The Kier molecular flexibility index (Phi) is 2.44. The zero-order valence-electron chi connectivity index (χ0n) is 6.96. The first-order valence-electron chi connectivity index (χ1n) is 3.86. The lowest BCUT2D eigenvalue weighted by Gasteiger charge is -1.91. The Morgan fingerprint density at radius 2 is 2.29 bits per heavy atom. The number of hydrogen-bond acceptors (Lipinski definition) is 3. The van der Waals surface area contributed by atoms with E-state index >= 15 is 0 Å². The van der Waals surface area contributed by atoms with Crippen molar-refractivity contribution in [1.82, 2.24) is 4.98 Å². The van der Waals surface area contributed by atoms with Crippen LogP contribution in [0.25, 0.3) is 11.1 Å². The van der Waals surface area contributed by atoms with Crippen molar-refractivity contribution in [2.45, 2.75) is 5.88 Å². The van der Waals surface area contributed by atoms with Crippen molar-refractivity contribution in [2.75, 3.05) is 0 Å². The van der Waals surface area contributed by atoms with E-state index in [0.29, 0.717) is 17.0 Å². The van der Waals surface area contributed by atoms with Gasteiger partial charge in [-0.1, -0.05) is 6.07 Å². The third-order valence-electron chi connectivity index (χ3n) is 1.78. The minimum Gasteiger partial charge on any atom is -0.433 e. The largest absolute Gasteiger partial charge is 0.433 e. The van der Waals surface area contributed by atoms with Crippen molar-refractivity contribution in [3.8, 4) is 0 Å². The second-order valence-corrected chi connectivity index (χ2v) is 3.34. The van der Waals surface area contributed by atoms with Crippen molar-refractivity contribution >= 4 is 39.5 Å². The average molecular weight is 230 g/mol. The van der Waals surface area contributed by atoms with Crippen molar-refractivity contribution in [1.29, 1.82) is 0 Å². The fourth-order valence-electron chi connectivity index (χ4n) is 1.14. The van der Waals surface area contributed by atoms with Crippen molar-refractivity contribution < 1.29 is 9.21 Å². The number of benzene rings is 1. The quantitative estimate of drug-likeness (QED) is 0.588. The molecule has 0 unspecified atom stereocenters. The lowest BCUT2D eigenvalue weighted by atomic mass is 10.2. The van der Waals surface area contributed by atoms with E-state index in [4.69, 9.17) is 27.6 Å². The summed E-state index contributed by atoms with van der Waals surface area (Å²) in [7, 11) is 0. The van der Waals surface area contributed by atoms with Crippen LogP contribution in [0, 0.1) is 0 Å². The number of carbonyl (C=O) groups excluding carboxylic acids is 1. The topological polar surface area (TPSA) is 43.1 Å². The molecule has 3 nitrogen and oxygen atoms in total. The van der Waals surface area contributed by atoms with Gasteiger partial charge in [0.25, 0.3) is 5.89 Å². The molecule has 1 aromatic carbocycles. The maximum atomic E-state index is 10.8. The molecular formula is C9H5Cl2NO2. The highest BCUT2D eigenvalue weighted by Gasteiger charge is 2.11. The van der Waals surface area contributed by atoms with Crippen LogP contribution in [0.1, 0.15) is 16.2 Å². The van der Waals surface area contributed by atoms with Gasteiger partial charge < -0.3 is 4.42 Å². The molecule has 0 radical (unpaired) electrons. The van der Waals surface area contributed by atoms with Gasteiger partial charge in [0.1, 0.15) is 5.52 Å². The van der Waals surface area contributed by atoms with Gasteiger partial charge in [-0.2, -0.15) is 0 Å². The number of fused-ring (bicyclic) bond motifs is 1. The van der Waals surface area contributed by atoms with Crippen LogP contribution in [0.5, 0.6) is 0 Å². The summed E-state index contributed by atoms with van der Waals surface area (Å²) < 4.78 is 5.12. The van der Waals surface area contributed by atoms with Gasteiger partial charge in [0.2, 0.25) is 0 Å². The van der Waals surface area contributed by atoms with Crippen LogP contribution in [-0.2, 0) is 5.88 Å². The number of nitrogens with zero attached hydrogens (tertiary/aromatic N) is 1. The molecule has 1 aromatic heterocycles. The number of oxazole rings is 1. The molecule has 0 spiro atoms. The van der Waals surface area contributed by atoms with Crippen LogP contribution < -0.4 is 0 Å². The summed E-state index contributed by atoms with van der Waals surface area (Å²) in [5.74, 6) is 0.300. The van der Waals surface area contributed by atoms with Crippen molar-refractivity contribution in [2.24, 2.45) is 0 Å². The van der Waals surface area contributed by atoms with Gasteiger partial charge in [0.05, 0.1) is 0 Å². The van der Waals surface area contributed by atoms with E-state index < -0.39 is 5.24 Å². The fourth-order valence-corrected chi connectivity index (χ4v) is 1.38. The fraction of sp³-hybridized carbons (Fsp3) is 0.111. The molecule has 0 aliphatic rings. The number of halogens is 2. The summed E-state index contributed by atoms with van der Waals surface area (Å²) in [5, 5.41) is -0.700. The molecular weight excluding hydrogens is 225 g/mol. The molecule has 0 saturated heterocycles. The van der Waals surface area contributed by atoms with Crippen LogP contribution in [0.3, 0.4) is 0 Å². The molecule has 0 amide bonds. The third-order valence-corrected chi connectivity index (χ3v) is 2.25. The van der Waals surface area contributed by atoms with Gasteiger partial charge in [-0.3, -0.25) is 4.79 Å². The zero-order chi connectivity index (χ0) is 10.1. The second kappa shape index (κ2) is 3.59. The third kappa shape index (κ3) is 1.61. The van der Waals surface area contributed by atoms with Crippen molar-refractivity contribution in [3.63, 3.8) is 0 Å². The molecule has 72 valence electrons. The molecule has 5 heteroatoms. The highest BCUT2D eigenvalue weighted by molar-refractivity contribution is 6.67. The van der Waals surface area contributed by atoms with E-state index in [2.05, 4.69) is 4.98 Å². The lowest BCUT2D eigenvalue weighted by molar-refractivity contribution is 0.105. The zero-order valence-corrected chi connectivity index (χ0v) is 8.47. The molecule has 0 fully saturated rings. The Morgan fingerprint density at radius 1 is 1.50 bits per heavy atom. The molecule has 0 saturated carbocycles. The van der Waals surface area contributed by atoms with E-state index in [1.54, 1.807) is 12.1 Å². The first-order chi connectivity index (χ1) is 6.70. The molecule has 2 rings (SSSR count). The standard InChI is InChI=1S/C9H5Cl2NO2/c10-4-5-1-2-6-7(3-5)14-9(12-6)8(11)13/h1-3H,4H2. The first-order valence-corrected chi connectivity index (χ1v) is 4.77. The predicted octanol–water partition coefficient (Wildman–Crippen LogP) is 2.95. The molecule has 0 aliphatic heterocycles. The van der Waals surface area contributed by atoms with Crippen LogP contribution >= 0.6 is 23.2 Å². The number of carbonyl (C=O) groups is 1. The Morgan fingerprint density at radius 3 is 2.93 bits per heavy atom. The Labute approximate surface area is 89.6 Å². The maximum absolute atomic E-state index is 10.8. The van der Waals surface area contributed by atoms with E-state index in [9.17, 15) is 4.79 Å². The first kappa shape index (κ1) is 9.49. The number of aromatic nitrogens is 1. The monoisotopic (exact) mass is 229 g/mol. The Bertz CT molecular complexity index is 493. The molecule has 1 heterocycles. The normalized spacial score (nSPS) is 10.7. The summed E-state index contributed by atoms with van der Waals surface area (Å²) in [6, 6.07) is 5.29. The molecule has 0 N–H and O–H groups in total. The van der Waals surface area contributed by atoms with Gasteiger partial charge in [-0.15, -0.1) is 11.6 Å². The Balaban J connectivity index is 2.60. The van der Waals surface area contributed by atoms with Crippen LogP contribution in [0.4, 0.5) is 0 Å². The molecule has 14 heavy (non-hydrogen) atoms. The van der Waals surface area contributed by atoms with E-state index in [1.165, 1.54) is 0 Å². The summed E-state index contributed by atoms with van der Waals surface area (Å²) in [4.78, 5) is 14.6. The van der Waals surface area contributed by atoms with Crippen LogP contribution in [0.15, 0.2) is 22.6 Å². The minimum absolute atomic E-state index is 0.0895. The van der Waals surface area contributed by atoms with Gasteiger partial charge in [0, 0.05) is 5.88 Å². The average Bonchev–Trinajstić information content (AvgIpc) is 2.59. The number of rotatable bonds is 2. The molecule has 2 aromatic rings. The van der Waals surface area contributed by atoms with Crippen LogP contribution in [0.2, 0.25) is 0 Å². The summed E-state index contributed by atoms with van der Waals surface area (Å²) in [6.45, 7) is 0. The van der Waals surface area contributed by atoms with E-state index in [-0.39, 0.29) is 5.89 Å². The minimum atomic E-state index is -0.700. The van der Waals surface area contributed by atoms with Gasteiger partial charge in [0.15, 0.2) is 5.58 Å². The highest BCUT2D eigenvalue weighted by atomic mass is 35.5. The molecule has 0 atom stereocenters. The number of hydrogen-bond donors (Lipinski definition) is 0. The van der Waals surface area contributed by atoms with Gasteiger partial charge in [-0.25, -0.2) is 4.98 Å². The SMILES string of the molecule is O=C(Cl)c1nc2ccc(CCl)cc2o1. The number of alkyl halides is 1. The molecule has 0 aliphatic carbocycles. The van der Waals surface area contributed by atoms with Crippen LogP contribution in [-0.4, -0.2) is 10.2 Å². The van der Waals surface area contributed by atoms with E-state index in [0.717, 1.165) is 5.56 Å². The summed E-state index contributed by atoms with van der Waals surface area (Å²) in [6.07, 6.45) is 0.